The van der Waals surface area contributed by atoms with Crippen molar-refractivity contribution in [3.63, 3.8) is 0 Å². The maximum atomic E-state index is 5.24. The lowest BCUT2D eigenvalue weighted by Crippen LogP contribution is -2.15. The summed E-state index contributed by atoms with van der Waals surface area (Å²) < 4.78 is 5.24. The van der Waals surface area contributed by atoms with Gasteiger partial charge in [0, 0.05) is 43.3 Å². The molecule has 0 aliphatic heterocycles. The van der Waals surface area contributed by atoms with Crippen LogP contribution in [0.25, 0.3) is 0 Å². The Morgan fingerprint density at radius 1 is 1.21 bits per heavy atom. The topological polar surface area (TPSA) is 47.0 Å². The Bertz CT molecular complexity index is 555. The van der Waals surface area contributed by atoms with Crippen LogP contribution in [0.3, 0.4) is 0 Å². The zero-order valence-corrected chi connectivity index (χ0v) is 11.6. The first-order valence-corrected chi connectivity index (χ1v) is 6.31. The molecule has 0 aliphatic carbocycles. The molecule has 0 amide bonds. The molecule has 0 aromatic carbocycles. The van der Waals surface area contributed by atoms with E-state index in [1.165, 1.54) is 11.1 Å². The summed E-state index contributed by atoms with van der Waals surface area (Å²) >= 11 is 0. The Labute approximate surface area is 113 Å². The van der Waals surface area contributed by atoms with Gasteiger partial charge in [0.05, 0.1) is 12.8 Å². The molecule has 1 N–H and O–H groups in total. The standard InChI is InChI=1S/C15H19N3O/c1-11-4-5-16-8-13(11)9-17-10-14-7-15(19-3)6-12(2)18-14/h4-8,17H,9-10H2,1-3H3. The second kappa shape index (κ2) is 6.29. The predicted octanol–water partition coefficient (Wildman–Crippen LogP) is 2.39. The molecule has 0 saturated heterocycles. The van der Waals surface area contributed by atoms with Gasteiger partial charge in [-0.25, -0.2) is 0 Å². The lowest BCUT2D eigenvalue weighted by atomic mass is 10.1. The fourth-order valence-electron chi connectivity index (χ4n) is 1.92. The third-order valence-corrected chi connectivity index (χ3v) is 2.98. The lowest BCUT2D eigenvalue weighted by molar-refractivity contribution is 0.412. The number of hydrogen-bond acceptors (Lipinski definition) is 4. The molecular weight excluding hydrogens is 238 g/mol. The van der Waals surface area contributed by atoms with E-state index in [2.05, 4.69) is 22.2 Å². The summed E-state index contributed by atoms with van der Waals surface area (Å²) in [5.41, 5.74) is 4.41. The molecule has 0 unspecified atom stereocenters. The number of aryl methyl sites for hydroxylation is 2. The highest BCUT2D eigenvalue weighted by Gasteiger charge is 2.01. The van der Waals surface area contributed by atoms with Gasteiger partial charge in [0.1, 0.15) is 5.75 Å². The third kappa shape index (κ3) is 3.76. The molecule has 0 saturated carbocycles. The quantitative estimate of drug-likeness (QED) is 0.893. The van der Waals surface area contributed by atoms with E-state index < -0.39 is 0 Å². The first-order valence-electron chi connectivity index (χ1n) is 6.31. The van der Waals surface area contributed by atoms with Crippen LogP contribution in [0.1, 0.15) is 22.5 Å². The van der Waals surface area contributed by atoms with E-state index in [-0.39, 0.29) is 0 Å². The number of rotatable bonds is 5. The molecule has 0 radical (unpaired) electrons. The van der Waals surface area contributed by atoms with Gasteiger partial charge < -0.3 is 10.1 Å². The first-order chi connectivity index (χ1) is 9.19. The Hall–Kier alpha value is -1.94. The van der Waals surface area contributed by atoms with Crippen molar-refractivity contribution in [1.82, 2.24) is 15.3 Å². The minimum atomic E-state index is 0.715. The second-order valence-corrected chi connectivity index (χ2v) is 4.55. The lowest BCUT2D eigenvalue weighted by Gasteiger charge is -2.08. The summed E-state index contributed by atoms with van der Waals surface area (Å²) in [7, 11) is 1.67. The van der Waals surface area contributed by atoms with E-state index in [1.807, 2.05) is 37.5 Å². The molecule has 2 aromatic heterocycles. The predicted molar refractivity (Wildman–Crippen MR) is 75.0 cm³/mol. The van der Waals surface area contributed by atoms with Gasteiger partial charge in [-0.1, -0.05) is 0 Å². The zero-order chi connectivity index (χ0) is 13.7. The van der Waals surface area contributed by atoms with E-state index in [1.54, 1.807) is 7.11 Å². The molecule has 0 aliphatic rings. The highest BCUT2D eigenvalue weighted by atomic mass is 16.5. The van der Waals surface area contributed by atoms with Crippen LogP contribution >= 0.6 is 0 Å². The molecule has 4 heteroatoms. The molecule has 4 nitrogen and oxygen atoms in total. The van der Waals surface area contributed by atoms with Crippen LogP contribution in [0.5, 0.6) is 5.75 Å². The van der Waals surface area contributed by atoms with Gasteiger partial charge in [-0.15, -0.1) is 0 Å². The molecule has 0 spiro atoms. The highest BCUT2D eigenvalue weighted by molar-refractivity contribution is 5.27. The normalized spacial score (nSPS) is 10.5. The van der Waals surface area contributed by atoms with Crippen molar-refractivity contribution < 1.29 is 4.74 Å². The zero-order valence-electron chi connectivity index (χ0n) is 11.6. The second-order valence-electron chi connectivity index (χ2n) is 4.55. The van der Waals surface area contributed by atoms with Crippen LogP contribution in [-0.4, -0.2) is 17.1 Å². The van der Waals surface area contributed by atoms with Crippen molar-refractivity contribution in [1.29, 1.82) is 0 Å². The highest BCUT2D eigenvalue weighted by Crippen LogP contribution is 2.13. The largest absolute Gasteiger partial charge is 0.497 e. The summed E-state index contributed by atoms with van der Waals surface area (Å²) in [6, 6.07) is 5.90. The number of methoxy groups -OCH3 is 1. The summed E-state index contributed by atoms with van der Waals surface area (Å²) in [6.45, 7) is 5.56. The van der Waals surface area contributed by atoms with Crippen molar-refractivity contribution in [2.75, 3.05) is 7.11 Å². The van der Waals surface area contributed by atoms with Gasteiger partial charge in [-0.05, 0) is 31.0 Å². The Morgan fingerprint density at radius 3 is 2.79 bits per heavy atom. The van der Waals surface area contributed by atoms with Gasteiger partial charge in [0.2, 0.25) is 0 Å². The first kappa shape index (κ1) is 13.5. The van der Waals surface area contributed by atoms with Crippen molar-refractivity contribution in [3.8, 4) is 5.75 Å². The van der Waals surface area contributed by atoms with E-state index in [0.29, 0.717) is 6.54 Å². The number of ether oxygens (including phenoxy) is 1. The molecule has 0 fully saturated rings. The number of nitrogens with one attached hydrogen (secondary N) is 1. The van der Waals surface area contributed by atoms with Gasteiger partial charge in [-0.3, -0.25) is 9.97 Å². The Kier molecular flexibility index (Phi) is 4.47. The van der Waals surface area contributed by atoms with Gasteiger partial charge in [-0.2, -0.15) is 0 Å². The molecule has 2 heterocycles. The van der Waals surface area contributed by atoms with Crippen molar-refractivity contribution in [3.05, 3.63) is 53.1 Å². The van der Waals surface area contributed by atoms with Gasteiger partial charge >= 0.3 is 0 Å². The average Bonchev–Trinajstić information content (AvgIpc) is 2.40. The fourth-order valence-corrected chi connectivity index (χ4v) is 1.92. The summed E-state index contributed by atoms with van der Waals surface area (Å²) in [5, 5.41) is 3.38. The van der Waals surface area contributed by atoms with Crippen LogP contribution in [-0.2, 0) is 13.1 Å². The molecule has 100 valence electrons. The van der Waals surface area contributed by atoms with E-state index >= 15 is 0 Å². The fraction of sp³-hybridized carbons (Fsp3) is 0.333. The van der Waals surface area contributed by atoms with Crippen LogP contribution in [0.2, 0.25) is 0 Å². The van der Waals surface area contributed by atoms with Crippen molar-refractivity contribution in [2.24, 2.45) is 0 Å². The van der Waals surface area contributed by atoms with Crippen LogP contribution in [0.15, 0.2) is 30.6 Å². The molecule has 0 atom stereocenters. The van der Waals surface area contributed by atoms with Crippen LogP contribution in [0, 0.1) is 13.8 Å². The monoisotopic (exact) mass is 257 g/mol. The third-order valence-electron chi connectivity index (χ3n) is 2.98. The molecule has 0 bridgehead atoms. The summed E-state index contributed by atoms with van der Waals surface area (Å²) in [6.07, 6.45) is 3.71. The van der Waals surface area contributed by atoms with E-state index in [9.17, 15) is 0 Å². The van der Waals surface area contributed by atoms with Crippen LogP contribution < -0.4 is 10.1 Å². The molecule has 2 aromatic rings. The number of nitrogens with zero attached hydrogens (tertiary/aromatic N) is 2. The van der Waals surface area contributed by atoms with E-state index in [0.717, 1.165) is 23.7 Å². The van der Waals surface area contributed by atoms with Gasteiger partial charge in [0.15, 0.2) is 0 Å². The van der Waals surface area contributed by atoms with Crippen LogP contribution in [0.4, 0.5) is 0 Å². The number of aromatic nitrogens is 2. The van der Waals surface area contributed by atoms with Crippen molar-refractivity contribution >= 4 is 0 Å². The smallest absolute Gasteiger partial charge is 0.122 e. The molecule has 2 rings (SSSR count). The number of hydrogen-bond donors (Lipinski definition) is 1. The Balaban J connectivity index is 1.96. The van der Waals surface area contributed by atoms with E-state index in [4.69, 9.17) is 4.74 Å². The maximum absolute atomic E-state index is 5.24. The average molecular weight is 257 g/mol. The Morgan fingerprint density at radius 2 is 2.05 bits per heavy atom. The SMILES string of the molecule is COc1cc(C)nc(CNCc2cnccc2C)c1. The maximum Gasteiger partial charge on any atom is 0.122 e. The molecule has 19 heavy (non-hydrogen) atoms. The minimum Gasteiger partial charge on any atom is -0.497 e. The molecular formula is C15H19N3O. The van der Waals surface area contributed by atoms with Gasteiger partial charge in [0.25, 0.3) is 0 Å². The summed E-state index contributed by atoms with van der Waals surface area (Å²) in [4.78, 5) is 8.61. The van der Waals surface area contributed by atoms with Crippen molar-refractivity contribution in [2.45, 2.75) is 26.9 Å². The summed E-state index contributed by atoms with van der Waals surface area (Å²) in [5.74, 6) is 0.849. The number of pyridine rings is 2. The minimum absolute atomic E-state index is 0.715.